The van der Waals surface area contributed by atoms with Crippen molar-refractivity contribution in [1.82, 2.24) is 0 Å². The summed E-state index contributed by atoms with van der Waals surface area (Å²) in [4.78, 5) is 14.5. The Hall–Kier alpha value is -1.92. The number of nitrogen functional groups attached to an aromatic ring is 1. The van der Waals surface area contributed by atoms with Crippen molar-refractivity contribution in [3.8, 4) is 0 Å². The predicted molar refractivity (Wildman–Crippen MR) is 50.0 cm³/mol. The molecular weight excluding hydrogens is 186 g/mol. The maximum atomic E-state index is 11.2. The van der Waals surface area contributed by atoms with Gasteiger partial charge in [-0.2, -0.15) is 4.99 Å². The van der Waals surface area contributed by atoms with Gasteiger partial charge in [0.1, 0.15) is 5.69 Å². The van der Waals surface area contributed by atoms with Crippen molar-refractivity contribution in [3.63, 3.8) is 0 Å². The van der Waals surface area contributed by atoms with Crippen molar-refractivity contribution in [2.24, 2.45) is 4.99 Å². The van der Waals surface area contributed by atoms with Crippen LogP contribution in [0.3, 0.4) is 0 Å². The second kappa shape index (κ2) is 2.79. The minimum Gasteiger partial charge on any atom is -0.623 e. The van der Waals surface area contributed by atoms with E-state index in [1.54, 1.807) is 0 Å². The van der Waals surface area contributed by atoms with Gasteiger partial charge in [0.2, 0.25) is 0 Å². The number of hydrogen-bond acceptors (Lipinski definition) is 4. The SMILES string of the molecule is Nc1cc2c(cc1C(=O)O)[NH+]([O-])C=N2. The molecule has 14 heavy (non-hydrogen) atoms. The van der Waals surface area contributed by atoms with Crippen molar-refractivity contribution in [2.75, 3.05) is 5.73 Å². The van der Waals surface area contributed by atoms with E-state index in [0.29, 0.717) is 5.69 Å². The van der Waals surface area contributed by atoms with E-state index >= 15 is 0 Å². The largest absolute Gasteiger partial charge is 0.623 e. The van der Waals surface area contributed by atoms with Crippen LogP contribution in [-0.4, -0.2) is 17.4 Å². The number of rotatable bonds is 1. The number of aromatic carboxylic acids is 1. The fraction of sp³-hybridized carbons (Fsp3) is 0. The molecule has 6 heteroatoms. The summed E-state index contributed by atoms with van der Waals surface area (Å²) in [5, 5.41) is 19.6. The van der Waals surface area contributed by atoms with Crippen LogP contribution >= 0.6 is 0 Å². The monoisotopic (exact) mass is 193 g/mol. The van der Waals surface area contributed by atoms with Crippen LogP contribution in [0.15, 0.2) is 17.1 Å². The van der Waals surface area contributed by atoms with Crippen molar-refractivity contribution in [3.05, 3.63) is 22.9 Å². The molecule has 0 amide bonds. The first-order valence-electron chi connectivity index (χ1n) is 3.85. The molecule has 1 heterocycles. The zero-order chi connectivity index (χ0) is 10.3. The quantitative estimate of drug-likeness (QED) is 0.419. The highest BCUT2D eigenvalue weighted by Gasteiger charge is 2.20. The van der Waals surface area contributed by atoms with E-state index in [9.17, 15) is 10.0 Å². The molecule has 0 saturated heterocycles. The minimum absolute atomic E-state index is 0.0670. The first-order chi connectivity index (χ1) is 6.59. The van der Waals surface area contributed by atoms with Crippen LogP contribution in [0, 0.1) is 5.21 Å². The van der Waals surface area contributed by atoms with Gasteiger partial charge in [0.25, 0.3) is 0 Å². The fourth-order valence-corrected chi connectivity index (χ4v) is 1.29. The first kappa shape index (κ1) is 8.67. The van der Waals surface area contributed by atoms with Gasteiger partial charge in [-0.1, -0.05) is 0 Å². The van der Waals surface area contributed by atoms with E-state index in [1.807, 2.05) is 0 Å². The number of hydrogen-bond donors (Lipinski definition) is 3. The van der Waals surface area contributed by atoms with Crippen LogP contribution in [-0.2, 0) is 0 Å². The molecule has 1 aromatic rings. The van der Waals surface area contributed by atoms with E-state index < -0.39 is 5.97 Å². The first-order valence-corrected chi connectivity index (χ1v) is 3.85. The Morgan fingerprint density at radius 2 is 2.29 bits per heavy atom. The standard InChI is InChI=1S/C8H7N3O3/c9-5-2-6-7(11(14)3-10-6)1-4(5)8(12)13/h1-3,11H,9H2,(H,12,13). The van der Waals surface area contributed by atoms with E-state index in [1.165, 1.54) is 12.1 Å². The third kappa shape index (κ3) is 1.13. The van der Waals surface area contributed by atoms with Crippen LogP contribution < -0.4 is 10.8 Å². The maximum absolute atomic E-state index is 11.2. The summed E-state index contributed by atoms with van der Waals surface area (Å²) in [6, 6.07) is 2.64. The second-order valence-corrected chi connectivity index (χ2v) is 2.88. The molecule has 0 spiro atoms. The number of benzene rings is 1. The van der Waals surface area contributed by atoms with Crippen molar-refractivity contribution < 1.29 is 15.0 Å². The molecule has 1 atom stereocenters. The lowest BCUT2D eigenvalue weighted by Crippen LogP contribution is -2.99. The number of carboxylic acid groups (broad SMARTS) is 1. The van der Waals surface area contributed by atoms with E-state index in [-0.39, 0.29) is 22.0 Å². The highest BCUT2D eigenvalue weighted by atomic mass is 16.5. The number of hydroxylamine groups is 1. The van der Waals surface area contributed by atoms with Crippen LogP contribution in [0.1, 0.15) is 10.4 Å². The Balaban J connectivity index is 2.60. The zero-order valence-electron chi connectivity index (χ0n) is 7.02. The van der Waals surface area contributed by atoms with Gasteiger partial charge in [-0.25, -0.2) is 4.79 Å². The number of quaternary nitrogens is 1. The lowest BCUT2D eigenvalue weighted by Gasteiger charge is -2.12. The predicted octanol–water partition coefficient (Wildman–Crippen LogP) is -0.345. The molecule has 4 N–H and O–H groups in total. The van der Waals surface area contributed by atoms with Crippen LogP contribution in [0.5, 0.6) is 0 Å². The Labute approximate surface area is 78.9 Å². The lowest BCUT2D eigenvalue weighted by molar-refractivity contribution is -0.655. The van der Waals surface area contributed by atoms with Crippen molar-refractivity contribution >= 4 is 29.4 Å². The molecule has 1 aliphatic rings. The number of aliphatic imine (C=N–C) groups is 1. The van der Waals surface area contributed by atoms with Gasteiger partial charge in [-0.15, -0.1) is 0 Å². The Kier molecular flexibility index (Phi) is 1.73. The van der Waals surface area contributed by atoms with E-state index in [0.717, 1.165) is 6.34 Å². The fourth-order valence-electron chi connectivity index (χ4n) is 1.29. The number of carbonyl (C=O) groups is 1. The van der Waals surface area contributed by atoms with Gasteiger partial charge >= 0.3 is 5.97 Å². The number of nitrogens with one attached hydrogen (secondary N) is 1. The molecule has 72 valence electrons. The molecule has 1 aromatic carbocycles. The molecule has 0 fully saturated rings. The van der Waals surface area contributed by atoms with Crippen LogP contribution in [0.25, 0.3) is 0 Å². The van der Waals surface area contributed by atoms with Gasteiger partial charge < -0.3 is 16.0 Å². The number of carboxylic acids is 1. The summed E-state index contributed by atoms with van der Waals surface area (Å²) >= 11 is 0. The van der Waals surface area contributed by atoms with Gasteiger partial charge in [-0.05, 0) is 6.07 Å². The smallest absolute Gasteiger partial charge is 0.338 e. The van der Waals surface area contributed by atoms with Gasteiger partial charge in [0, 0.05) is 11.8 Å². The van der Waals surface area contributed by atoms with Crippen LogP contribution in [0.4, 0.5) is 17.1 Å². The Morgan fingerprint density at radius 3 is 2.93 bits per heavy atom. The highest BCUT2D eigenvalue weighted by Crippen LogP contribution is 2.29. The molecule has 1 unspecified atom stereocenters. The summed E-state index contributed by atoms with van der Waals surface area (Å²) in [6.45, 7) is 0. The summed E-state index contributed by atoms with van der Waals surface area (Å²) in [5.41, 5.74) is 6.24. The summed E-state index contributed by atoms with van der Waals surface area (Å²) in [7, 11) is 0. The molecule has 0 aliphatic carbocycles. The maximum Gasteiger partial charge on any atom is 0.338 e. The average molecular weight is 193 g/mol. The minimum atomic E-state index is -1.15. The molecule has 1 aliphatic heterocycles. The molecule has 0 radical (unpaired) electrons. The van der Waals surface area contributed by atoms with Crippen LogP contribution in [0.2, 0.25) is 0 Å². The third-order valence-electron chi connectivity index (χ3n) is 1.98. The molecule has 0 saturated carbocycles. The Morgan fingerprint density at radius 1 is 1.57 bits per heavy atom. The average Bonchev–Trinajstić information content (AvgIpc) is 2.46. The van der Waals surface area contributed by atoms with Gasteiger partial charge in [0.05, 0.1) is 5.56 Å². The highest BCUT2D eigenvalue weighted by molar-refractivity contribution is 5.96. The number of nitrogens with zero attached hydrogens (tertiary/aromatic N) is 1. The number of anilines is 1. The molecule has 2 rings (SSSR count). The summed E-state index contributed by atoms with van der Waals surface area (Å²) < 4.78 is 0. The normalized spacial score (nSPS) is 18.2. The Bertz CT molecular complexity index is 442. The molecular formula is C8H7N3O3. The number of fused-ring (bicyclic) bond motifs is 1. The third-order valence-corrected chi connectivity index (χ3v) is 1.98. The summed E-state index contributed by atoms with van der Waals surface area (Å²) in [5.74, 6) is -1.15. The van der Waals surface area contributed by atoms with Gasteiger partial charge in [0.15, 0.2) is 12.0 Å². The van der Waals surface area contributed by atoms with E-state index in [2.05, 4.69) is 4.99 Å². The van der Waals surface area contributed by atoms with Crippen molar-refractivity contribution in [1.29, 1.82) is 0 Å². The topological polar surface area (TPSA) is 103 Å². The second-order valence-electron chi connectivity index (χ2n) is 2.88. The number of nitrogens with two attached hydrogens (primary N) is 1. The molecule has 0 bridgehead atoms. The lowest BCUT2D eigenvalue weighted by atomic mass is 10.1. The summed E-state index contributed by atoms with van der Waals surface area (Å²) in [6.07, 6.45) is 1.15. The molecule has 0 aromatic heterocycles. The van der Waals surface area contributed by atoms with E-state index in [4.69, 9.17) is 10.8 Å². The molecule has 6 nitrogen and oxygen atoms in total. The van der Waals surface area contributed by atoms with Gasteiger partial charge in [-0.3, -0.25) is 5.06 Å². The van der Waals surface area contributed by atoms with Crippen molar-refractivity contribution in [2.45, 2.75) is 0 Å². The zero-order valence-corrected chi connectivity index (χ0v) is 7.02.